The minimum absolute atomic E-state index is 0.459. The van der Waals surface area contributed by atoms with Crippen molar-refractivity contribution in [3.63, 3.8) is 0 Å². The zero-order valence-electron chi connectivity index (χ0n) is 10.6. The third-order valence-corrected chi connectivity index (χ3v) is 2.83. The van der Waals surface area contributed by atoms with E-state index in [-0.39, 0.29) is 0 Å². The third kappa shape index (κ3) is 2.74. The standard InChI is InChI=1S/C12H18N2O3/c1-12(2,10(13)11(15)17-4)8-6-5-7-9(14-8)16-3/h5-7,10H,13H2,1-4H3. The molecular weight excluding hydrogens is 220 g/mol. The first-order valence-electron chi connectivity index (χ1n) is 5.28. The van der Waals surface area contributed by atoms with Crippen molar-refractivity contribution in [1.29, 1.82) is 0 Å². The first-order chi connectivity index (χ1) is 7.93. The van der Waals surface area contributed by atoms with E-state index in [1.54, 1.807) is 13.2 Å². The first kappa shape index (κ1) is 13.4. The van der Waals surface area contributed by atoms with Gasteiger partial charge in [-0.1, -0.05) is 19.9 Å². The Kier molecular flexibility index (Phi) is 4.07. The van der Waals surface area contributed by atoms with Gasteiger partial charge in [0.1, 0.15) is 6.04 Å². The van der Waals surface area contributed by atoms with Crippen molar-refractivity contribution in [2.45, 2.75) is 25.3 Å². The number of nitrogens with zero attached hydrogens (tertiary/aromatic N) is 1. The van der Waals surface area contributed by atoms with E-state index >= 15 is 0 Å². The Morgan fingerprint density at radius 3 is 2.59 bits per heavy atom. The average molecular weight is 238 g/mol. The summed E-state index contributed by atoms with van der Waals surface area (Å²) in [5, 5.41) is 0. The number of carbonyl (C=O) groups excluding carboxylic acids is 1. The molecule has 1 unspecified atom stereocenters. The minimum Gasteiger partial charge on any atom is -0.481 e. The summed E-state index contributed by atoms with van der Waals surface area (Å²) in [4.78, 5) is 15.8. The number of carbonyl (C=O) groups is 1. The molecule has 17 heavy (non-hydrogen) atoms. The van der Waals surface area contributed by atoms with Gasteiger partial charge in [0, 0.05) is 11.5 Å². The van der Waals surface area contributed by atoms with Gasteiger partial charge in [0.25, 0.3) is 0 Å². The van der Waals surface area contributed by atoms with Gasteiger partial charge in [0.2, 0.25) is 5.88 Å². The topological polar surface area (TPSA) is 74.4 Å². The number of pyridine rings is 1. The maximum absolute atomic E-state index is 11.5. The number of aromatic nitrogens is 1. The lowest BCUT2D eigenvalue weighted by Gasteiger charge is -2.29. The van der Waals surface area contributed by atoms with E-state index in [9.17, 15) is 4.79 Å². The van der Waals surface area contributed by atoms with Gasteiger partial charge in [0.15, 0.2) is 0 Å². The van der Waals surface area contributed by atoms with Crippen molar-refractivity contribution in [1.82, 2.24) is 4.98 Å². The summed E-state index contributed by atoms with van der Waals surface area (Å²) in [5.74, 6) is 0.0345. The summed E-state index contributed by atoms with van der Waals surface area (Å²) in [6, 6.07) is 4.59. The molecule has 0 radical (unpaired) electrons. The number of esters is 1. The molecule has 0 bridgehead atoms. The predicted molar refractivity (Wildman–Crippen MR) is 63.8 cm³/mol. The monoisotopic (exact) mass is 238 g/mol. The SMILES string of the molecule is COC(=O)C(N)C(C)(C)c1cccc(OC)n1. The molecule has 0 aromatic carbocycles. The van der Waals surface area contributed by atoms with E-state index in [4.69, 9.17) is 10.5 Å². The van der Waals surface area contributed by atoms with Crippen molar-refractivity contribution < 1.29 is 14.3 Å². The summed E-state index contributed by atoms with van der Waals surface area (Å²) >= 11 is 0. The molecule has 0 aliphatic heterocycles. The molecule has 1 atom stereocenters. The normalized spacial score (nSPS) is 13.0. The average Bonchev–Trinajstić information content (AvgIpc) is 2.36. The quantitative estimate of drug-likeness (QED) is 0.788. The lowest BCUT2D eigenvalue weighted by atomic mass is 9.81. The Labute approximate surface area is 101 Å². The van der Waals surface area contributed by atoms with Crippen molar-refractivity contribution in [2.24, 2.45) is 5.73 Å². The number of methoxy groups -OCH3 is 2. The molecule has 1 heterocycles. The molecule has 5 nitrogen and oxygen atoms in total. The van der Waals surface area contributed by atoms with Gasteiger partial charge in [-0.2, -0.15) is 0 Å². The number of hydrogen-bond acceptors (Lipinski definition) is 5. The van der Waals surface area contributed by atoms with Crippen LogP contribution in [0.25, 0.3) is 0 Å². The fraction of sp³-hybridized carbons (Fsp3) is 0.500. The van der Waals surface area contributed by atoms with Crippen LogP contribution in [0.4, 0.5) is 0 Å². The van der Waals surface area contributed by atoms with Crippen LogP contribution in [0.2, 0.25) is 0 Å². The van der Waals surface area contributed by atoms with E-state index in [1.807, 2.05) is 26.0 Å². The van der Waals surface area contributed by atoms with Gasteiger partial charge in [-0.25, -0.2) is 4.98 Å². The second-order valence-electron chi connectivity index (χ2n) is 4.29. The number of ether oxygens (including phenoxy) is 2. The Hall–Kier alpha value is -1.62. The molecule has 0 amide bonds. The smallest absolute Gasteiger partial charge is 0.323 e. The van der Waals surface area contributed by atoms with Gasteiger partial charge in [0.05, 0.1) is 19.9 Å². The van der Waals surface area contributed by atoms with Crippen molar-refractivity contribution in [3.8, 4) is 5.88 Å². The molecule has 0 fully saturated rings. The summed E-state index contributed by atoms with van der Waals surface area (Å²) in [6.07, 6.45) is 0. The predicted octanol–water partition coefficient (Wildman–Crippen LogP) is 0.868. The lowest BCUT2D eigenvalue weighted by molar-refractivity contribution is -0.143. The van der Waals surface area contributed by atoms with Crippen LogP contribution in [0.1, 0.15) is 19.5 Å². The summed E-state index contributed by atoms with van der Waals surface area (Å²) in [6.45, 7) is 3.69. The Bertz CT molecular complexity index is 404. The zero-order valence-corrected chi connectivity index (χ0v) is 10.6. The largest absolute Gasteiger partial charge is 0.481 e. The Balaban J connectivity index is 3.06. The van der Waals surface area contributed by atoms with Crippen LogP contribution in [-0.2, 0) is 14.9 Å². The molecule has 5 heteroatoms. The highest BCUT2D eigenvalue weighted by Gasteiger charge is 2.35. The van der Waals surface area contributed by atoms with Crippen molar-refractivity contribution in [2.75, 3.05) is 14.2 Å². The van der Waals surface area contributed by atoms with Gasteiger partial charge >= 0.3 is 5.97 Å². The van der Waals surface area contributed by atoms with Crippen LogP contribution in [0.3, 0.4) is 0 Å². The highest BCUT2D eigenvalue weighted by molar-refractivity contribution is 5.77. The van der Waals surface area contributed by atoms with E-state index in [0.717, 1.165) is 0 Å². The van der Waals surface area contributed by atoms with Crippen LogP contribution in [0.5, 0.6) is 5.88 Å². The molecule has 0 saturated heterocycles. The Morgan fingerprint density at radius 2 is 2.06 bits per heavy atom. The number of hydrogen-bond donors (Lipinski definition) is 1. The maximum atomic E-state index is 11.5. The van der Waals surface area contributed by atoms with Gasteiger partial charge in [-0.05, 0) is 6.07 Å². The van der Waals surface area contributed by atoms with Crippen LogP contribution in [0.15, 0.2) is 18.2 Å². The molecule has 0 aliphatic rings. The van der Waals surface area contributed by atoms with Crippen LogP contribution >= 0.6 is 0 Å². The van der Waals surface area contributed by atoms with Gasteiger partial charge in [-0.3, -0.25) is 4.79 Å². The number of rotatable bonds is 4. The van der Waals surface area contributed by atoms with Gasteiger partial charge in [-0.15, -0.1) is 0 Å². The summed E-state index contributed by atoms with van der Waals surface area (Å²) in [7, 11) is 2.86. The van der Waals surface area contributed by atoms with E-state index in [1.165, 1.54) is 7.11 Å². The first-order valence-corrected chi connectivity index (χ1v) is 5.28. The van der Waals surface area contributed by atoms with Gasteiger partial charge < -0.3 is 15.2 Å². The zero-order chi connectivity index (χ0) is 13.1. The van der Waals surface area contributed by atoms with Crippen LogP contribution < -0.4 is 10.5 Å². The highest BCUT2D eigenvalue weighted by Crippen LogP contribution is 2.26. The number of nitrogens with two attached hydrogens (primary N) is 1. The minimum atomic E-state index is -0.771. The third-order valence-electron chi connectivity index (χ3n) is 2.83. The summed E-state index contributed by atoms with van der Waals surface area (Å²) < 4.78 is 9.70. The van der Waals surface area contributed by atoms with E-state index < -0.39 is 17.4 Å². The highest BCUT2D eigenvalue weighted by atomic mass is 16.5. The molecule has 1 aromatic heterocycles. The van der Waals surface area contributed by atoms with E-state index in [2.05, 4.69) is 9.72 Å². The molecular formula is C12H18N2O3. The molecule has 2 N–H and O–H groups in total. The fourth-order valence-electron chi connectivity index (χ4n) is 1.47. The molecule has 94 valence electrons. The Morgan fingerprint density at radius 1 is 1.41 bits per heavy atom. The summed E-state index contributed by atoms with van der Waals surface area (Å²) in [5.41, 5.74) is 5.94. The molecule has 1 rings (SSSR count). The molecule has 0 spiro atoms. The lowest BCUT2D eigenvalue weighted by Crippen LogP contribution is -2.47. The molecule has 1 aromatic rings. The van der Waals surface area contributed by atoms with E-state index in [0.29, 0.717) is 11.6 Å². The van der Waals surface area contributed by atoms with Crippen LogP contribution in [-0.4, -0.2) is 31.2 Å². The molecule has 0 aliphatic carbocycles. The molecule has 0 saturated carbocycles. The van der Waals surface area contributed by atoms with Crippen LogP contribution in [0, 0.1) is 0 Å². The fourth-order valence-corrected chi connectivity index (χ4v) is 1.47. The maximum Gasteiger partial charge on any atom is 0.323 e. The van der Waals surface area contributed by atoms with Crippen molar-refractivity contribution >= 4 is 5.97 Å². The second-order valence-corrected chi connectivity index (χ2v) is 4.29. The second kappa shape index (κ2) is 5.14. The van der Waals surface area contributed by atoms with Crippen molar-refractivity contribution in [3.05, 3.63) is 23.9 Å².